The Kier molecular flexibility index (Phi) is 5.42. The van der Waals surface area contributed by atoms with E-state index in [1.165, 1.54) is 5.56 Å². The Hall–Kier alpha value is -3.14. The summed E-state index contributed by atoms with van der Waals surface area (Å²) < 4.78 is 0. The molecule has 0 saturated carbocycles. The lowest BCUT2D eigenvalue weighted by Gasteiger charge is -2.18. The average Bonchev–Trinajstić information content (AvgIpc) is 2.66. The summed E-state index contributed by atoms with van der Waals surface area (Å²) in [5, 5.41) is 12.1. The van der Waals surface area contributed by atoms with Crippen molar-refractivity contribution in [3.63, 3.8) is 0 Å². The first-order valence-corrected chi connectivity index (χ1v) is 8.30. The van der Waals surface area contributed by atoms with Gasteiger partial charge in [-0.2, -0.15) is 10.2 Å². The first-order chi connectivity index (χ1) is 12.2. The van der Waals surface area contributed by atoms with Gasteiger partial charge in [0.2, 0.25) is 0 Å². The molecule has 0 unspecified atom stereocenters. The number of rotatable bonds is 5. The molecule has 0 bridgehead atoms. The van der Waals surface area contributed by atoms with E-state index in [0.717, 1.165) is 29.3 Å². The van der Waals surface area contributed by atoms with Gasteiger partial charge in [-0.05, 0) is 48.9 Å². The summed E-state index contributed by atoms with van der Waals surface area (Å²) in [6.45, 7) is 2.77. The standard InChI is InChI=1S/C21H22N4/c1-17(21-10-6-7-15-25(21)2)23-24-20-13-11-19(12-14-20)22-16-18-8-4-3-5-9-18/h3-15,22H,16H2,1-2H3/b21-17+,24-23?. The molecule has 0 atom stereocenters. The van der Waals surface area contributed by atoms with Gasteiger partial charge in [-0.1, -0.05) is 36.4 Å². The topological polar surface area (TPSA) is 40.0 Å². The highest BCUT2D eigenvalue weighted by Gasteiger charge is 2.05. The number of hydrogen-bond donors (Lipinski definition) is 1. The van der Waals surface area contributed by atoms with Gasteiger partial charge in [-0.3, -0.25) is 0 Å². The van der Waals surface area contributed by atoms with Crippen LogP contribution in [0.25, 0.3) is 0 Å². The molecule has 25 heavy (non-hydrogen) atoms. The second kappa shape index (κ2) is 8.11. The summed E-state index contributed by atoms with van der Waals surface area (Å²) in [4.78, 5) is 2.03. The van der Waals surface area contributed by atoms with E-state index in [4.69, 9.17) is 0 Å². The molecule has 0 aromatic heterocycles. The van der Waals surface area contributed by atoms with E-state index in [2.05, 4.69) is 27.7 Å². The lowest BCUT2D eigenvalue weighted by atomic mass is 10.2. The van der Waals surface area contributed by atoms with Crippen molar-refractivity contribution in [1.82, 2.24) is 4.90 Å². The summed E-state index contributed by atoms with van der Waals surface area (Å²) in [6, 6.07) is 18.3. The Morgan fingerprint density at radius 2 is 1.76 bits per heavy atom. The summed E-state index contributed by atoms with van der Waals surface area (Å²) >= 11 is 0. The van der Waals surface area contributed by atoms with Crippen molar-refractivity contribution >= 4 is 11.4 Å². The third-order valence-corrected chi connectivity index (χ3v) is 3.95. The van der Waals surface area contributed by atoms with Crippen LogP contribution < -0.4 is 5.32 Å². The molecular weight excluding hydrogens is 308 g/mol. The van der Waals surface area contributed by atoms with Crippen LogP contribution >= 0.6 is 0 Å². The van der Waals surface area contributed by atoms with Crippen LogP contribution in [-0.4, -0.2) is 11.9 Å². The quantitative estimate of drug-likeness (QED) is 0.722. The minimum Gasteiger partial charge on any atom is -0.381 e. The van der Waals surface area contributed by atoms with Gasteiger partial charge in [-0.25, -0.2) is 0 Å². The Morgan fingerprint density at radius 1 is 1.00 bits per heavy atom. The van der Waals surface area contributed by atoms with Crippen LogP contribution in [0.1, 0.15) is 12.5 Å². The van der Waals surface area contributed by atoms with Gasteiger partial charge in [0.25, 0.3) is 0 Å². The maximum absolute atomic E-state index is 4.35. The molecule has 0 radical (unpaired) electrons. The van der Waals surface area contributed by atoms with Crippen LogP contribution in [0.15, 0.2) is 101 Å². The molecule has 0 saturated heterocycles. The molecule has 2 aromatic carbocycles. The number of anilines is 1. The normalized spacial score (nSPS) is 15.7. The van der Waals surface area contributed by atoms with Crippen molar-refractivity contribution in [3.8, 4) is 0 Å². The number of likely N-dealkylation sites (N-methyl/N-ethyl adjacent to an activating group) is 1. The second-order valence-electron chi connectivity index (χ2n) is 5.87. The fourth-order valence-corrected chi connectivity index (χ4v) is 2.53. The summed E-state index contributed by atoms with van der Waals surface area (Å²) in [7, 11) is 2.00. The van der Waals surface area contributed by atoms with E-state index >= 15 is 0 Å². The molecule has 1 N–H and O–H groups in total. The Bertz CT molecular complexity index is 815. The Labute approximate surface area is 148 Å². The molecule has 0 amide bonds. The minimum atomic E-state index is 0.805. The van der Waals surface area contributed by atoms with Crippen LogP contribution in [-0.2, 0) is 6.54 Å². The van der Waals surface area contributed by atoms with Crippen molar-refractivity contribution in [2.75, 3.05) is 12.4 Å². The zero-order valence-electron chi connectivity index (χ0n) is 14.6. The van der Waals surface area contributed by atoms with Gasteiger partial charge < -0.3 is 10.2 Å². The number of nitrogens with one attached hydrogen (secondary N) is 1. The smallest absolute Gasteiger partial charge is 0.0858 e. The van der Waals surface area contributed by atoms with Crippen molar-refractivity contribution < 1.29 is 0 Å². The molecule has 4 heteroatoms. The zero-order chi connectivity index (χ0) is 17.5. The third-order valence-electron chi connectivity index (χ3n) is 3.95. The summed E-state index contributed by atoms with van der Waals surface area (Å²) in [6.07, 6.45) is 8.03. The highest BCUT2D eigenvalue weighted by molar-refractivity contribution is 5.51. The van der Waals surface area contributed by atoms with Gasteiger partial charge in [0.05, 0.1) is 17.1 Å². The van der Waals surface area contributed by atoms with Crippen molar-refractivity contribution in [2.24, 2.45) is 10.2 Å². The van der Waals surface area contributed by atoms with E-state index in [0.29, 0.717) is 0 Å². The predicted octanol–water partition coefficient (Wildman–Crippen LogP) is 5.63. The molecular formula is C21H22N4. The van der Waals surface area contributed by atoms with Crippen LogP contribution in [0.2, 0.25) is 0 Å². The van der Waals surface area contributed by atoms with E-state index in [-0.39, 0.29) is 0 Å². The van der Waals surface area contributed by atoms with Gasteiger partial charge in [-0.15, -0.1) is 0 Å². The maximum Gasteiger partial charge on any atom is 0.0858 e. The number of allylic oxidation sites excluding steroid dienone is 4. The van der Waals surface area contributed by atoms with E-state index in [9.17, 15) is 0 Å². The largest absolute Gasteiger partial charge is 0.381 e. The first-order valence-electron chi connectivity index (χ1n) is 8.30. The number of nitrogens with zero attached hydrogens (tertiary/aromatic N) is 3. The fraction of sp³-hybridized carbons (Fsp3) is 0.143. The summed E-state index contributed by atoms with van der Waals surface area (Å²) in [5.41, 5.74) is 5.09. The van der Waals surface area contributed by atoms with Gasteiger partial charge in [0.1, 0.15) is 0 Å². The SMILES string of the molecule is C/C(N=Nc1ccc(NCc2ccccc2)cc1)=C1/C=CC=CN1C. The maximum atomic E-state index is 4.35. The van der Waals surface area contributed by atoms with Crippen LogP contribution in [0.3, 0.4) is 0 Å². The van der Waals surface area contributed by atoms with E-state index in [1.807, 2.05) is 85.8 Å². The molecule has 4 nitrogen and oxygen atoms in total. The predicted molar refractivity (Wildman–Crippen MR) is 103 cm³/mol. The van der Waals surface area contributed by atoms with Crippen LogP contribution in [0, 0.1) is 0 Å². The molecule has 1 aliphatic rings. The average molecular weight is 330 g/mol. The molecule has 0 aliphatic carbocycles. The molecule has 1 heterocycles. The lowest BCUT2D eigenvalue weighted by Crippen LogP contribution is -2.11. The first kappa shape index (κ1) is 16.7. The van der Waals surface area contributed by atoms with E-state index < -0.39 is 0 Å². The highest BCUT2D eigenvalue weighted by atomic mass is 15.2. The number of hydrogen-bond acceptors (Lipinski definition) is 4. The molecule has 3 rings (SSSR count). The Balaban J connectivity index is 1.61. The molecule has 126 valence electrons. The monoisotopic (exact) mass is 330 g/mol. The molecule has 1 aliphatic heterocycles. The van der Waals surface area contributed by atoms with Crippen LogP contribution in [0.4, 0.5) is 11.4 Å². The Morgan fingerprint density at radius 3 is 2.48 bits per heavy atom. The van der Waals surface area contributed by atoms with Crippen molar-refractivity contribution in [3.05, 3.63) is 96.0 Å². The molecule has 2 aromatic rings. The summed E-state index contributed by atoms with van der Waals surface area (Å²) in [5.74, 6) is 0. The molecule has 0 spiro atoms. The van der Waals surface area contributed by atoms with Crippen LogP contribution in [0.5, 0.6) is 0 Å². The highest BCUT2D eigenvalue weighted by Crippen LogP contribution is 2.20. The minimum absolute atomic E-state index is 0.805. The van der Waals surface area contributed by atoms with Crippen molar-refractivity contribution in [2.45, 2.75) is 13.5 Å². The second-order valence-corrected chi connectivity index (χ2v) is 5.87. The molecule has 0 fully saturated rings. The van der Waals surface area contributed by atoms with Crippen molar-refractivity contribution in [1.29, 1.82) is 0 Å². The van der Waals surface area contributed by atoms with E-state index in [1.54, 1.807) is 0 Å². The third kappa shape index (κ3) is 4.67. The zero-order valence-corrected chi connectivity index (χ0v) is 14.6. The fourth-order valence-electron chi connectivity index (χ4n) is 2.53. The van der Waals surface area contributed by atoms with Gasteiger partial charge >= 0.3 is 0 Å². The van der Waals surface area contributed by atoms with Gasteiger partial charge in [0, 0.05) is 25.5 Å². The number of benzene rings is 2. The van der Waals surface area contributed by atoms with Gasteiger partial charge in [0.15, 0.2) is 0 Å². The lowest BCUT2D eigenvalue weighted by molar-refractivity contribution is 0.573. The number of azo groups is 1.